The van der Waals surface area contributed by atoms with E-state index in [2.05, 4.69) is 18.2 Å². The fourth-order valence-corrected chi connectivity index (χ4v) is 2.57. The average Bonchev–Trinajstić information content (AvgIpc) is 2.67. The van der Waals surface area contributed by atoms with Gasteiger partial charge in [0.15, 0.2) is 0 Å². The quantitative estimate of drug-likeness (QED) is 0.807. The number of nitrogens with zero attached hydrogens (tertiary/aromatic N) is 2. The normalized spacial score (nSPS) is 31.8. The van der Waals surface area contributed by atoms with Gasteiger partial charge in [-0.15, -0.1) is 0 Å². The Bertz CT molecular complexity index is 321. The van der Waals surface area contributed by atoms with Crippen molar-refractivity contribution < 1.29 is 0 Å². The fraction of sp³-hybridized carbons (Fsp3) is 0.750. The number of hydrogen-bond donors (Lipinski definition) is 1. The Labute approximate surface area is 91.7 Å². The van der Waals surface area contributed by atoms with E-state index in [1.165, 1.54) is 24.8 Å². The maximum absolute atomic E-state index is 6.46. The van der Waals surface area contributed by atoms with Crippen molar-refractivity contribution in [1.29, 1.82) is 0 Å². The van der Waals surface area contributed by atoms with Crippen molar-refractivity contribution >= 4 is 0 Å². The third-order valence-electron chi connectivity index (χ3n) is 3.85. The van der Waals surface area contributed by atoms with Crippen molar-refractivity contribution in [1.82, 2.24) is 9.78 Å². The van der Waals surface area contributed by atoms with E-state index in [-0.39, 0.29) is 5.54 Å². The van der Waals surface area contributed by atoms with E-state index < -0.39 is 0 Å². The number of rotatable bonds is 2. The van der Waals surface area contributed by atoms with Gasteiger partial charge in [0.25, 0.3) is 0 Å². The predicted molar refractivity (Wildman–Crippen MR) is 61.3 cm³/mol. The molecule has 2 rings (SSSR count). The third kappa shape index (κ3) is 2.07. The van der Waals surface area contributed by atoms with Crippen LogP contribution in [-0.4, -0.2) is 9.78 Å². The standard InChI is InChI=1S/C12H21N3/c1-3-10-4-6-12(13,7-5-10)11-8-14-15(2)9-11/h8-10H,3-7,13H2,1-2H3. The van der Waals surface area contributed by atoms with Gasteiger partial charge in [0, 0.05) is 24.3 Å². The molecule has 2 N–H and O–H groups in total. The molecular weight excluding hydrogens is 186 g/mol. The maximum atomic E-state index is 6.46. The van der Waals surface area contributed by atoms with Gasteiger partial charge in [0.05, 0.1) is 6.20 Å². The largest absolute Gasteiger partial charge is 0.321 e. The Morgan fingerprint density at radius 2 is 2.20 bits per heavy atom. The molecule has 0 atom stereocenters. The molecule has 0 saturated heterocycles. The van der Waals surface area contributed by atoms with Crippen molar-refractivity contribution in [3.8, 4) is 0 Å². The smallest absolute Gasteiger partial charge is 0.0540 e. The highest BCUT2D eigenvalue weighted by Crippen LogP contribution is 2.38. The summed E-state index contributed by atoms with van der Waals surface area (Å²) >= 11 is 0. The molecule has 1 aliphatic rings. The van der Waals surface area contributed by atoms with Crippen molar-refractivity contribution in [2.24, 2.45) is 18.7 Å². The Morgan fingerprint density at radius 1 is 1.53 bits per heavy atom. The van der Waals surface area contributed by atoms with Crippen LogP contribution >= 0.6 is 0 Å². The van der Waals surface area contributed by atoms with E-state index in [0.29, 0.717) is 0 Å². The molecule has 0 bridgehead atoms. The van der Waals surface area contributed by atoms with Crippen LogP contribution in [0.4, 0.5) is 0 Å². The summed E-state index contributed by atoms with van der Waals surface area (Å²) in [5.74, 6) is 0.887. The topological polar surface area (TPSA) is 43.8 Å². The van der Waals surface area contributed by atoms with E-state index in [0.717, 1.165) is 18.8 Å². The van der Waals surface area contributed by atoms with Crippen LogP contribution in [0.3, 0.4) is 0 Å². The molecule has 0 spiro atoms. The molecule has 3 nitrogen and oxygen atoms in total. The molecule has 0 radical (unpaired) electrons. The van der Waals surface area contributed by atoms with Gasteiger partial charge < -0.3 is 5.73 Å². The van der Waals surface area contributed by atoms with Gasteiger partial charge in [-0.3, -0.25) is 4.68 Å². The van der Waals surface area contributed by atoms with Gasteiger partial charge in [-0.05, 0) is 31.6 Å². The average molecular weight is 207 g/mol. The maximum Gasteiger partial charge on any atom is 0.0540 e. The number of aryl methyl sites for hydroxylation is 1. The second kappa shape index (κ2) is 3.97. The van der Waals surface area contributed by atoms with Crippen LogP contribution in [0.1, 0.15) is 44.6 Å². The molecule has 0 amide bonds. The predicted octanol–water partition coefficient (Wildman–Crippen LogP) is 2.17. The fourth-order valence-electron chi connectivity index (χ4n) is 2.57. The molecule has 0 aliphatic heterocycles. The molecule has 0 aromatic carbocycles. The lowest BCUT2D eigenvalue weighted by molar-refractivity contribution is 0.231. The second-order valence-corrected chi connectivity index (χ2v) is 4.91. The Hall–Kier alpha value is -0.830. The summed E-state index contributed by atoms with van der Waals surface area (Å²) in [6.07, 6.45) is 10.0. The second-order valence-electron chi connectivity index (χ2n) is 4.91. The molecule has 1 aromatic rings. The van der Waals surface area contributed by atoms with Gasteiger partial charge in [-0.25, -0.2) is 0 Å². The lowest BCUT2D eigenvalue weighted by atomic mass is 9.73. The summed E-state index contributed by atoms with van der Waals surface area (Å²) in [7, 11) is 1.95. The molecule has 0 unspecified atom stereocenters. The molecule has 15 heavy (non-hydrogen) atoms. The first-order valence-electron chi connectivity index (χ1n) is 5.92. The van der Waals surface area contributed by atoms with Gasteiger partial charge in [0.1, 0.15) is 0 Å². The Kier molecular flexibility index (Phi) is 2.83. The summed E-state index contributed by atoms with van der Waals surface area (Å²) in [6, 6.07) is 0. The van der Waals surface area contributed by atoms with Crippen molar-refractivity contribution in [3.63, 3.8) is 0 Å². The molecule has 1 aliphatic carbocycles. The molecule has 1 fully saturated rings. The SMILES string of the molecule is CCC1CCC(N)(c2cnn(C)c2)CC1. The monoisotopic (exact) mass is 207 g/mol. The van der Waals surface area contributed by atoms with Crippen LogP contribution in [0.2, 0.25) is 0 Å². The van der Waals surface area contributed by atoms with E-state index in [1.807, 2.05) is 17.9 Å². The summed E-state index contributed by atoms with van der Waals surface area (Å²) in [4.78, 5) is 0. The first-order valence-corrected chi connectivity index (χ1v) is 5.92. The summed E-state index contributed by atoms with van der Waals surface area (Å²) in [5.41, 5.74) is 7.55. The highest BCUT2D eigenvalue weighted by Gasteiger charge is 2.33. The first-order chi connectivity index (χ1) is 7.14. The summed E-state index contributed by atoms with van der Waals surface area (Å²) < 4.78 is 1.84. The summed E-state index contributed by atoms with van der Waals surface area (Å²) in [6.45, 7) is 2.28. The van der Waals surface area contributed by atoms with Crippen LogP contribution in [0, 0.1) is 5.92 Å². The van der Waals surface area contributed by atoms with E-state index in [1.54, 1.807) is 0 Å². The zero-order valence-electron chi connectivity index (χ0n) is 9.74. The number of nitrogens with two attached hydrogens (primary N) is 1. The molecular formula is C12H21N3. The first kappa shape index (κ1) is 10.7. The van der Waals surface area contributed by atoms with Gasteiger partial charge in [0.2, 0.25) is 0 Å². The minimum absolute atomic E-state index is 0.111. The van der Waals surface area contributed by atoms with Gasteiger partial charge >= 0.3 is 0 Å². The summed E-state index contributed by atoms with van der Waals surface area (Å²) in [5, 5.41) is 4.21. The van der Waals surface area contributed by atoms with Crippen LogP contribution in [0.5, 0.6) is 0 Å². The van der Waals surface area contributed by atoms with Crippen molar-refractivity contribution in [3.05, 3.63) is 18.0 Å². The third-order valence-corrected chi connectivity index (χ3v) is 3.85. The number of aromatic nitrogens is 2. The molecule has 1 heterocycles. The molecule has 1 saturated carbocycles. The molecule has 3 heteroatoms. The lowest BCUT2D eigenvalue weighted by Crippen LogP contribution is -2.40. The zero-order chi connectivity index (χ0) is 10.9. The Balaban J connectivity index is 2.09. The minimum Gasteiger partial charge on any atom is -0.321 e. The number of hydrogen-bond acceptors (Lipinski definition) is 2. The Morgan fingerprint density at radius 3 is 2.67 bits per heavy atom. The van der Waals surface area contributed by atoms with E-state index in [4.69, 9.17) is 5.73 Å². The van der Waals surface area contributed by atoms with Gasteiger partial charge in [-0.2, -0.15) is 5.10 Å². The van der Waals surface area contributed by atoms with E-state index in [9.17, 15) is 0 Å². The molecule has 1 aromatic heterocycles. The van der Waals surface area contributed by atoms with Crippen LogP contribution in [0.25, 0.3) is 0 Å². The van der Waals surface area contributed by atoms with Crippen molar-refractivity contribution in [2.45, 2.75) is 44.6 Å². The minimum atomic E-state index is -0.111. The van der Waals surface area contributed by atoms with Crippen LogP contribution < -0.4 is 5.73 Å². The van der Waals surface area contributed by atoms with Crippen LogP contribution in [-0.2, 0) is 12.6 Å². The highest BCUT2D eigenvalue weighted by atomic mass is 15.2. The van der Waals surface area contributed by atoms with Crippen molar-refractivity contribution in [2.75, 3.05) is 0 Å². The van der Waals surface area contributed by atoms with Crippen LogP contribution in [0.15, 0.2) is 12.4 Å². The highest BCUT2D eigenvalue weighted by molar-refractivity contribution is 5.18. The zero-order valence-corrected chi connectivity index (χ0v) is 9.74. The van der Waals surface area contributed by atoms with E-state index >= 15 is 0 Å². The molecule has 84 valence electrons. The van der Waals surface area contributed by atoms with Gasteiger partial charge in [-0.1, -0.05) is 13.3 Å². The lowest BCUT2D eigenvalue weighted by Gasteiger charge is -2.36.